The second kappa shape index (κ2) is 5.72. The Bertz CT molecular complexity index is 778. The molecule has 1 spiro atoms. The van der Waals surface area contributed by atoms with E-state index in [1.54, 1.807) is 10.7 Å². The highest BCUT2D eigenvalue weighted by molar-refractivity contribution is 6.32. The van der Waals surface area contributed by atoms with Crippen molar-refractivity contribution in [2.75, 3.05) is 6.61 Å². The summed E-state index contributed by atoms with van der Waals surface area (Å²) < 4.78 is 7.99. The van der Waals surface area contributed by atoms with E-state index in [1.165, 1.54) is 0 Å². The summed E-state index contributed by atoms with van der Waals surface area (Å²) in [6.45, 7) is 2.78. The number of nitrogens with one attached hydrogen (secondary N) is 1. The summed E-state index contributed by atoms with van der Waals surface area (Å²) in [6.07, 6.45) is 4.19. The minimum atomic E-state index is -0.546. The molecule has 3 heterocycles. The molecule has 1 aromatic carbocycles. The van der Waals surface area contributed by atoms with Crippen molar-refractivity contribution >= 4 is 11.6 Å². The third kappa shape index (κ3) is 2.49. The van der Waals surface area contributed by atoms with Gasteiger partial charge >= 0.3 is 0 Å². The second-order valence-electron chi connectivity index (χ2n) is 6.87. The van der Waals surface area contributed by atoms with E-state index in [1.807, 2.05) is 19.3 Å². The van der Waals surface area contributed by atoms with Crippen LogP contribution < -0.4 is 5.32 Å². The number of nitrogens with zero attached hydrogens (tertiary/aromatic N) is 3. The number of aromatic nitrogens is 3. The molecule has 0 saturated carbocycles. The molecule has 0 radical (unpaired) electrons. The molecule has 2 N–H and O–H groups in total. The molecular formula is C17H21ClN4O2. The lowest BCUT2D eigenvalue weighted by atomic mass is 9.74. The van der Waals surface area contributed by atoms with Crippen LogP contribution in [0.1, 0.15) is 42.6 Å². The molecule has 0 aliphatic carbocycles. The van der Waals surface area contributed by atoms with Crippen LogP contribution in [0.5, 0.6) is 5.75 Å². The van der Waals surface area contributed by atoms with Crippen LogP contribution in [0.2, 0.25) is 5.02 Å². The van der Waals surface area contributed by atoms with E-state index >= 15 is 0 Å². The fraction of sp³-hybridized carbons (Fsp3) is 0.529. The number of halogens is 1. The smallest absolute Gasteiger partial charge is 0.140 e. The number of aryl methyl sites for hydroxylation is 1. The van der Waals surface area contributed by atoms with Crippen molar-refractivity contribution in [3.8, 4) is 5.75 Å². The van der Waals surface area contributed by atoms with Crippen LogP contribution in [0, 0.1) is 0 Å². The molecule has 4 rings (SSSR count). The summed E-state index contributed by atoms with van der Waals surface area (Å²) in [4.78, 5) is 0. The van der Waals surface area contributed by atoms with Gasteiger partial charge in [0.2, 0.25) is 0 Å². The third-order valence-electron chi connectivity index (χ3n) is 5.05. The van der Waals surface area contributed by atoms with Gasteiger partial charge in [-0.3, -0.25) is 4.68 Å². The quantitative estimate of drug-likeness (QED) is 0.828. The Morgan fingerprint density at radius 2 is 2.25 bits per heavy atom. The van der Waals surface area contributed by atoms with Crippen molar-refractivity contribution in [2.24, 2.45) is 7.05 Å². The lowest BCUT2D eigenvalue weighted by Gasteiger charge is -2.47. The molecular weight excluding hydrogens is 328 g/mol. The topological polar surface area (TPSA) is 72.2 Å². The third-order valence-corrected chi connectivity index (χ3v) is 5.36. The van der Waals surface area contributed by atoms with Crippen LogP contribution in [0.3, 0.4) is 0 Å². The fourth-order valence-corrected chi connectivity index (χ4v) is 4.32. The molecule has 3 atom stereocenters. The average molecular weight is 349 g/mol. The summed E-state index contributed by atoms with van der Waals surface area (Å²) in [5.41, 5.74) is 2.31. The zero-order valence-corrected chi connectivity index (χ0v) is 14.5. The minimum Gasteiger partial charge on any atom is -0.506 e. The van der Waals surface area contributed by atoms with Crippen molar-refractivity contribution < 1.29 is 9.84 Å². The highest BCUT2D eigenvalue weighted by Gasteiger charge is 2.47. The van der Waals surface area contributed by atoms with E-state index in [2.05, 4.69) is 22.6 Å². The maximum Gasteiger partial charge on any atom is 0.140 e. The minimum absolute atomic E-state index is 0.0202. The van der Waals surface area contributed by atoms with Crippen molar-refractivity contribution in [3.05, 3.63) is 40.2 Å². The first-order chi connectivity index (χ1) is 11.5. The number of piperidine rings is 1. The van der Waals surface area contributed by atoms with Gasteiger partial charge in [-0.1, -0.05) is 22.9 Å². The first kappa shape index (κ1) is 15.9. The Morgan fingerprint density at radius 3 is 3.00 bits per heavy atom. The molecule has 1 fully saturated rings. The van der Waals surface area contributed by atoms with Crippen molar-refractivity contribution in [2.45, 2.75) is 43.9 Å². The Morgan fingerprint density at radius 1 is 1.42 bits per heavy atom. The zero-order valence-electron chi connectivity index (χ0n) is 13.8. The molecule has 0 bridgehead atoms. The van der Waals surface area contributed by atoms with E-state index in [4.69, 9.17) is 16.3 Å². The lowest BCUT2D eigenvalue weighted by molar-refractivity contribution is -0.0998. The van der Waals surface area contributed by atoms with Crippen LogP contribution in [-0.2, 0) is 23.8 Å². The fourth-order valence-electron chi connectivity index (χ4n) is 4.16. The summed E-state index contributed by atoms with van der Waals surface area (Å²) in [6, 6.07) is 4.01. The highest BCUT2D eigenvalue weighted by Crippen LogP contribution is 2.50. The molecule has 6 nitrogen and oxygen atoms in total. The van der Waals surface area contributed by atoms with Gasteiger partial charge in [0.15, 0.2) is 0 Å². The summed E-state index contributed by atoms with van der Waals surface area (Å²) in [7, 11) is 1.86. The number of rotatable bonds is 1. The van der Waals surface area contributed by atoms with E-state index < -0.39 is 5.60 Å². The molecule has 0 unspecified atom stereocenters. The van der Waals surface area contributed by atoms with Crippen LogP contribution in [0.25, 0.3) is 0 Å². The van der Waals surface area contributed by atoms with Gasteiger partial charge < -0.3 is 15.2 Å². The molecule has 7 heteroatoms. The van der Waals surface area contributed by atoms with E-state index in [-0.39, 0.29) is 17.8 Å². The van der Waals surface area contributed by atoms with Gasteiger partial charge in [0.05, 0.1) is 23.4 Å². The van der Waals surface area contributed by atoms with Gasteiger partial charge in [-0.05, 0) is 31.4 Å². The Hall–Kier alpha value is -1.63. The normalized spacial score (nSPS) is 29.6. The number of ether oxygens (including phenoxy) is 1. The summed E-state index contributed by atoms with van der Waals surface area (Å²) in [5.74, 6) is 0.154. The number of benzene rings is 1. The largest absolute Gasteiger partial charge is 0.506 e. The number of aromatic hydroxyl groups is 1. The van der Waals surface area contributed by atoms with E-state index in [0.717, 1.165) is 29.7 Å². The molecule has 1 saturated heterocycles. The van der Waals surface area contributed by atoms with Gasteiger partial charge in [0, 0.05) is 31.3 Å². The molecule has 2 aliphatic heterocycles. The molecule has 0 amide bonds. The van der Waals surface area contributed by atoms with Gasteiger partial charge in [0.25, 0.3) is 0 Å². The number of hydrogen-bond acceptors (Lipinski definition) is 5. The number of phenols is 1. The first-order valence-corrected chi connectivity index (χ1v) is 8.63. The monoisotopic (exact) mass is 348 g/mol. The number of phenolic OH excluding ortho intramolecular Hbond substituents is 1. The molecule has 2 aliphatic rings. The summed E-state index contributed by atoms with van der Waals surface area (Å²) >= 11 is 6.19. The standard InChI is InChI=1S/C17H21ClN4O2/c1-10-7-17(8-13(19-10)14-9-22(2)21-20-14)15-11(5-6-24-17)3-4-12(18)16(15)23/h3-4,9-10,13,19,23H,5-8H2,1-2H3/t10-,13-,17-/m0/s1. The number of fused-ring (bicyclic) bond motifs is 2. The predicted molar refractivity (Wildman–Crippen MR) is 90.0 cm³/mol. The second-order valence-corrected chi connectivity index (χ2v) is 7.28. The van der Waals surface area contributed by atoms with Crippen molar-refractivity contribution in [1.29, 1.82) is 0 Å². The average Bonchev–Trinajstić information content (AvgIpc) is 2.97. The van der Waals surface area contributed by atoms with E-state index in [9.17, 15) is 5.11 Å². The van der Waals surface area contributed by atoms with Crippen LogP contribution >= 0.6 is 11.6 Å². The van der Waals surface area contributed by atoms with Gasteiger partial charge in [-0.15, -0.1) is 5.10 Å². The maximum absolute atomic E-state index is 10.6. The van der Waals surface area contributed by atoms with Gasteiger partial charge in [0.1, 0.15) is 11.4 Å². The van der Waals surface area contributed by atoms with Crippen molar-refractivity contribution in [1.82, 2.24) is 20.3 Å². The van der Waals surface area contributed by atoms with Crippen LogP contribution in [-0.4, -0.2) is 32.7 Å². The lowest BCUT2D eigenvalue weighted by Crippen LogP contribution is -2.50. The Balaban J connectivity index is 1.79. The van der Waals surface area contributed by atoms with E-state index in [0.29, 0.717) is 18.1 Å². The van der Waals surface area contributed by atoms with Crippen molar-refractivity contribution in [3.63, 3.8) is 0 Å². The van der Waals surface area contributed by atoms with Crippen LogP contribution in [0.15, 0.2) is 18.3 Å². The van der Waals surface area contributed by atoms with Gasteiger partial charge in [-0.25, -0.2) is 0 Å². The maximum atomic E-state index is 10.6. The Kier molecular flexibility index (Phi) is 3.78. The van der Waals surface area contributed by atoms with Crippen LogP contribution in [0.4, 0.5) is 0 Å². The predicted octanol–water partition coefficient (Wildman–Crippen LogP) is 2.46. The molecule has 2 aromatic rings. The molecule has 1 aromatic heterocycles. The zero-order chi connectivity index (χ0) is 16.9. The highest BCUT2D eigenvalue weighted by atomic mass is 35.5. The Labute approximate surface area is 145 Å². The SMILES string of the molecule is C[C@H]1C[C@@]2(C[C@@H](c3cn(C)nn3)N1)OCCc1ccc(Cl)c(O)c12. The number of hydrogen-bond donors (Lipinski definition) is 2. The molecule has 24 heavy (non-hydrogen) atoms. The first-order valence-electron chi connectivity index (χ1n) is 8.25. The van der Waals surface area contributed by atoms with Gasteiger partial charge in [-0.2, -0.15) is 0 Å². The molecule has 128 valence electrons. The summed E-state index contributed by atoms with van der Waals surface area (Å²) in [5, 5.41) is 22.9.